The van der Waals surface area contributed by atoms with Crippen LogP contribution < -0.4 is 0 Å². The smallest absolute Gasteiger partial charge is 0.335 e. The monoisotopic (exact) mass is 337 g/mol. The van der Waals surface area contributed by atoms with Gasteiger partial charge < -0.3 is 5.11 Å². The number of carboxylic acid groups (broad SMARTS) is 1. The van der Waals surface area contributed by atoms with Crippen molar-refractivity contribution in [3.63, 3.8) is 0 Å². The molecule has 23 heavy (non-hydrogen) atoms. The summed E-state index contributed by atoms with van der Waals surface area (Å²) >= 11 is 0. The highest BCUT2D eigenvalue weighted by Crippen LogP contribution is 2.20. The van der Waals surface area contributed by atoms with Crippen molar-refractivity contribution in [1.29, 1.82) is 0 Å². The van der Waals surface area contributed by atoms with Crippen LogP contribution in [0.3, 0.4) is 0 Å². The molecule has 0 unspecified atom stereocenters. The fraction of sp³-hybridized carbons (Fsp3) is 0.375. The normalized spacial score (nSPS) is 16.9. The van der Waals surface area contributed by atoms with Gasteiger partial charge in [0.15, 0.2) is 0 Å². The topological polar surface area (TPSA) is 91.8 Å². The Bertz CT molecular complexity index is 747. The van der Waals surface area contributed by atoms with Gasteiger partial charge in [-0.05, 0) is 48.7 Å². The Kier molecular flexibility index (Phi) is 5.01. The van der Waals surface area contributed by atoms with Crippen molar-refractivity contribution in [1.82, 2.24) is 4.31 Å². The zero-order valence-corrected chi connectivity index (χ0v) is 13.9. The Morgan fingerprint density at radius 1 is 1.17 bits per heavy atom. The van der Waals surface area contributed by atoms with Gasteiger partial charge in [0.2, 0.25) is 10.0 Å². The Balaban J connectivity index is 2.26. The lowest BCUT2D eigenvalue weighted by Crippen LogP contribution is -2.37. The lowest BCUT2D eigenvalue weighted by molar-refractivity contribution is -0.120. The molecule has 1 aromatic rings. The molecule has 0 radical (unpaired) electrons. The molecule has 6 nitrogen and oxygen atoms in total. The second-order valence-corrected chi connectivity index (χ2v) is 7.43. The van der Waals surface area contributed by atoms with Gasteiger partial charge in [0.05, 0.1) is 5.56 Å². The number of carbonyl (C=O) groups excluding carboxylic acids is 1. The van der Waals surface area contributed by atoms with Crippen molar-refractivity contribution in [2.24, 2.45) is 0 Å². The number of Topliss-reactive ketones (excluding diaryl/α,β-unsaturated/α-hetero) is 1. The summed E-state index contributed by atoms with van der Waals surface area (Å²) in [4.78, 5) is 22.2. The summed E-state index contributed by atoms with van der Waals surface area (Å²) in [7, 11) is -3.58. The van der Waals surface area contributed by atoms with Crippen molar-refractivity contribution in [3.05, 3.63) is 39.8 Å². The number of ketones is 1. The second-order valence-electron chi connectivity index (χ2n) is 5.61. The lowest BCUT2D eigenvalue weighted by atomic mass is 9.99. The second kappa shape index (κ2) is 6.64. The quantitative estimate of drug-likeness (QED) is 0.907. The molecule has 0 spiro atoms. The van der Waals surface area contributed by atoms with Crippen LogP contribution in [-0.2, 0) is 14.8 Å². The van der Waals surface area contributed by atoms with Crippen LogP contribution in [0.4, 0.5) is 0 Å². The molecule has 2 rings (SSSR count). The van der Waals surface area contributed by atoms with Crippen LogP contribution in [0.25, 0.3) is 6.08 Å². The first-order valence-corrected chi connectivity index (χ1v) is 8.75. The summed E-state index contributed by atoms with van der Waals surface area (Å²) in [6, 6.07) is 3.03. The summed E-state index contributed by atoms with van der Waals surface area (Å²) in [6.45, 7) is 3.90. The minimum absolute atomic E-state index is 0.0800. The van der Waals surface area contributed by atoms with Gasteiger partial charge >= 0.3 is 5.97 Å². The van der Waals surface area contributed by atoms with Crippen molar-refractivity contribution in [2.45, 2.75) is 26.7 Å². The number of carboxylic acids is 1. The lowest BCUT2D eigenvalue weighted by Gasteiger charge is -2.23. The minimum Gasteiger partial charge on any atom is -0.478 e. The van der Waals surface area contributed by atoms with E-state index in [4.69, 9.17) is 5.11 Å². The van der Waals surface area contributed by atoms with Gasteiger partial charge in [-0.2, -0.15) is 4.31 Å². The Morgan fingerprint density at radius 2 is 1.70 bits per heavy atom. The highest BCUT2D eigenvalue weighted by molar-refractivity contribution is 7.92. The van der Waals surface area contributed by atoms with Crippen LogP contribution in [0, 0.1) is 13.8 Å². The molecule has 1 fully saturated rings. The average Bonchev–Trinajstić information content (AvgIpc) is 2.46. The molecule has 0 atom stereocenters. The molecule has 0 amide bonds. The predicted molar refractivity (Wildman–Crippen MR) is 86.6 cm³/mol. The van der Waals surface area contributed by atoms with E-state index in [2.05, 4.69) is 0 Å². The van der Waals surface area contributed by atoms with E-state index in [1.54, 1.807) is 13.8 Å². The van der Waals surface area contributed by atoms with Crippen LogP contribution >= 0.6 is 0 Å². The van der Waals surface area contributed by atoms with E-state index in [1.165, 1.54) is 22.5 Å². The number of hydrogen-bond donors (Lipinski definition) is 1. The van der Waals surface area contributed by atoms with E-state index < -0.39 is 16.0 Å². The molecule has 124 valence electrons. The van der Waals surface area contributed by atoms with E-state index in [9.17, 15) is 18.0 Å². The largest absolute Gasteiger partial charge is 0.478 e. The van der Waals surface area contributed by atoms with Crippen LogP contribution in [0.1, 0.15) is 39.9 Å². The summed E-state index contributed by atoms with van der Waals surface area (Å²) in [6.07, 6.45) is 1.99. The highest BCUT2D eigenvalue weighted by Gasteiger charge is 2.24. The van der Waals surface area contributed by atoms with Crippen molar-refractivity contribution < 1.29 is 23.1 Å². The number of hydrogen-bond acceptors (Lipinski definition) is 4. The Morgan fingerprint density at radius 3 is 2.17 bits per heavy atom. The predicted octanol–water partition coefficient (Wildman–Crippen LogP) is 1.97. The number of piperidine rings is 1. The summed E-state index contributed by atoms with van der Waals surface area (Å²) in [5.74, 6) is -0.936. The number of aromatic carboxylic acids is 1. The Hall–Kier alpha value is -1.99. The summed E-state index contributed by atoms with van der Waals surface area (Å²) in [5.41, 5.74) is 2.26. The molecule has 1 aliphatic rings. The SMILES string of the molecule is Cc1cc(C(=O)O)cc(C)c1/C=C/S(=O)(=O)N1CCC(=O)CC1. The fourth-order valence-corrected chi connectivity index (χ4v) is 3.76. The first kappa shape index (κ1) is 17.4. The summed E-state index contributed by atoms with van der Waals surface area (Å²) in [5, 5.41) is 10.2. The van der Waals surface area contributed by atoms with Crippen molar-refractivity contribution in [3.8, 4) is 0 Å². The highest BCUT2D eigenvalue weighted by atomic mass is 32.2. The first-order chi connectivity index (χ1) is 10.7. The van der Waals surface area contributed by atoms with Gasteiger partial charge in [-0.15, -0.1) is 0 Å². The number of rotatable bonds is 4. The molecular weight excluding hydrogens is 318 g/mol. The van der Waals surface area contributed by atoms with Crippen molar-refractivity contribution >= 4 is 27.9 Å². The van der Waals surface area contributed by atoms with Gasteiger partial charge in [-0.25, -0.2) is 13.2 Å². The molecule has 0 aromatic heterocycles. The molecule has 1 heterocycles. The molecule has 7 heteroatoms. The number of aryl methyl sites for hydroxylation is 2. The van der Waals surface area contributed by atoms with Crippen LogP contribution in [0.15, 0.2) is 17.5 Å². The average molecular weight is 337 g/mol. The number of benzene rings is 1. The molecule has 1 N–H and O–H groups in total. The molecule has 0 bridgehead atoms. The molecule has 1 aromatic carbocycles. The van der Waals surface area contributed by atoms with Gasteiger partial charge in [0.1, 0.15) is 5.78 Å². The van der Waals surface area contributed by atoms with Crippen LogP contribution in [0.5, 0.6) is 0 Å². The number of carbonyl (C=O) groups is 2. The minimum atomic E-state index is -3.58. The zero-order chi connectivity index (χ0) is 17.2. The maximum Gasteiger partial charge on any atom is 0.335 e. The number of sulfonamides is 1. The molecule has 1 aliphatic heterocycles. The standard InChI is InChI=1S/C16H19NO5S/c1-11-9-13(16(19)20)10-12(2)15(11)5-8-23(21,22)17-6-3-14(18)4-7-17/h5,8-10H,3-4,6-7H2,1-2H3,(H,19,20)/b8-5+. The third-order valence-electron chi connectivity index (χ3n) is 3.89. The molecular formula is C16H19NO5S. The molecule has 0 saturated carbocycles. The maximum atomic E-state index is 12.3. The van der Waals surface area contributed by atoms with Gasteiger partial charge in [0, 0.05) is 31.3 Å². The molecule has 1 saturated heterocycles. The van der Waals surface area contributed by atoms with Gasteiger partial charge in [0.25, 0.3) is 0 Å². The Labute approximate surface area is 135 Å². The summed E-state index contributed by atoms with van der Waals surface area (Å²) < 4.78 is 25.9. The van der Waals surface area contributed by atoms with Crippen LogP contribution in [0.2, 0.25) is 0 Å². The van der Waals surface area contributed by atoms with Gasteiger partial charge in [-0.3, -0.25) is 4.79 Å². The third-order valence-corrected chi connectivity index (χ3v) is 5.45. The van der Waals surface area contributed by atoms with E-state index in [1.807, 2.05) is 0 Å². The van der Waals surface area contributed by atoms with E-state index >= 15 is 0 Å². The number of nitrogens with zero attached hydrogens (tertiary/aromatic N) is 1. The zero-order valence-electron chi connectivity index (χ0n) is 13.1. The molecule has 0 aliphatic carbocycles. The van der Waals surface area contributed by atoms with Crippen LogP contribution in [-0.4, -0.2) is 42.7 Å². The van der Waals surface area contributed by atoms with E-state index in [0.29, 0.717) is 16.7 Å². The third kappa shape index (κ3) is 4.05. The first-order valence-electron chi connectivity index (χ1n) is 7.25. The van der Waals surface area contributed by atoms with Gasteiger partial charge in [-0.1, -0.05) is 0 Å². The fourth-order valence-electron chi connectivity index (χ4n) is 2.59. The maximum absolute atomic E-state index is 12.3. The van der Waals surface area contributed by atoms with E-state index in [-0.39, 0.29) is 37.3 Å². The van der Waals surface area contributed by atoms with Crippen molar-refractivity contribution in [2.75, 3.05) is 13.1 Å². The van der Waals surface area contributed by atoms with E-state index in [0.717, 1.165) is 5.41 Å².